The number of rotatable bonds is 5. The molecule has 0 saturated carbocycles. The summed E-state index contributed by atoms with van der Waals surface area (Å²) in [6.07, 6.45) is 1.72. The summed E-state index contributed by atoms with van der Waals surface area (Å²) in [5, 5.41) is 0.380. The summed E-state index contributed by atoms with van der Waals surface area (Å²) in [6, 6.07) is 22.2. The summed E-state index contributed by atoms with van der Waals surface area (Å²) >= 11 is 6.84. The molecule has 30 heavy (non-hydrogen) atoms. The summed E-state index contributed by atoms with van der Waals surface area (Å²) in [6.45, 7) is 2.37. The lowest BCUT2D eigenvalue weighted by atomic mass is 10.2. The topological polar surface area (TPSA) is 46.6 Å². The van der Waals surface area contributed by atoms with Crippen LogP contribution in [0.1, 0.15) is 16.7 Å². The van der Waals surface area contributed by atoms with Crippen LogP contribution in [-0.4, -0.2) is 11.1 Å². The van der Waals surface area contributed by atoms with Crippen molar-refractivity contribution in [2.45, 2.75) is 13.5 Å². The highest BCUT2D eigenvalue weighted by Crippen LogP contribution is 2.36. The molecule has 4 rings (SSSR count). The summed E-state index contributed by atoms with van der Waals surface area (Å²) in [5.74, 6) is 0.359. The predicted molar refractivity (Wildman–Crippen MR) is 122 cm³/mol. The smallest absolute Gasteiger partial charge is 0.298 e. The number of amides is 2. The number of benzene rings is 3. The molecule has 1 heterocycles. The van der Waals surface area contributed by atoms with E-state index in [4.69, 9.17) is 16.3 Å². The van der Waals surface area contributed by atoms with Crippen molar-refractivity contribution in [2.75, 3.05) is 4.90 Å². The maximum atomic E-state index is 12.8. The van der Waals surface area contributed by atoms with Gasteiger partial charge in [-0.05, 0) is 72.3 Å². The second-order valence-corrected chi connectivity index (χ2v) is 8.27. The molecule has 2 amide bonds. The lowest BCUT2D eigenvalue weighted by Crippen LogP contribution is -2.27. The van der Waals surface area contributed by atoms with Crippen molar-refractivity contribution in [3.8, 4) is 5.75 Å². The summed E-state index contributed by atoms with van der Waals surface area (Å²) < 4.78 is 5.85. The number of nitrogens with zero attached hydrogens (tertiary/aromatic N) is 1. The van der Waals surface area contributed by atoms with Crippen molar-refractivity contribution in [3.63, 3.8) is 0 Å². The van der Waals surface area contributed by atoms with E-state index in [2.05, 4.69) is 0 Å². The average Bonchev–Trinajstić information content (AvgIpc) is 3.02. The van der Waals surface area contributed by atoms with Gasteiger partial charge in [0, 0.05) is 5.02 Å². The number of imide groups is 1. The molecule has 0 spiro atoms. The second-order valence-electron chi connectivity index (χ2n) is 6.84. The van der Waals surface area contributed by atoms with Crippen molar-refractivity contribution >= 4 is 46.3 Å². The van der Waals surface area contributed by atoms with Crippen molar-refractivity contribution in [3.05, 3.63) is 99.4 Å². The Morgan fingerprint density at radius 3 is 2.47 bits per heavy atom. The zero-order valence-electron chi connectivity index (χ0n) is 16.2. The number of anilines is 1. The first-order valence-corrected chi connectivity index (χ1v) is 10.5. The highest BCUT2D eigenvalue weighted by Gasteiger charge is 2.36. The molecule has 1 aliphatic heterocycles. The van der Waals surface area contributed by atoms with Gasteiger partial charge in [-0.15, -0.1) is 0 Å². The van der Waals surface area contributed by atoms with Gasteiger partial charge in [0.2, 0.25) is 0 Å². The van der Waals surface area contributed by atoms with E-state index >= 15 is 0 Å². The SMILES string of the molecule is Cc1ccc(N2C(=O)S/C(=C\c3cccc(OCc4ccc(Cl)cc4)c3)C2=O)cc1. The van der Waals surface area contributed by atoms with E-state index in [1.54, 1.807) is 18.2 Å². The maximum absolute atomic E-state index is 12.8. The molecule has 0 aromatic heterocycles. The Bertz CT molecular complexity index is 1120. The Morgan fingerprint density at radius 1 is 1.00 bits per heavy atom. The van der Waals surface area contributed by atoms with Crippen LogP contribution in [0, 0.1) is 6.92 Å². The second kappa shape index (κ2) is 8.78. The monoisotopic (exact) mass is 435 g/mol. The quantitative estimate of drug-likeness (QED) is 0.431. The van der Waals surface area contributed by atoms with Crippen LogP contribution >= 0.6 is 23.4 Å². The van der Waals surface area contributed by atoms with E-state index in [9.17, 15) is 9.59 Å². The van der Waals surface area contributed by atoms with E-state index in [0.717, 1.165) is 28.5 Å². The molecular formula is C24H18ClNO3S. The minimum atomic E-state index is -0.318. The van der Waals surface area contributed by atoms with Gasteiger partial charge in [-0.1, -0.05) is 53.6 Å². The van der Waals surface area contributed by atoms with E-state index < -0.39 is 0 Å². The van der Waals surface area contributed by atoms with Gasteiger partial charge in [0.05, 0.1) is 10.6 Å². The molecule has 0 N–H and O–H groups in total. The van der Waals surface area contributed by atoms with Crippen LogP contribution in [0.15, 0.2) is 77.7 Å². The van der Waals surface area contributed by atoms with Crippen LogP contribution in [0.25, 0.3) is 6.08 Å². The third-order valence-electron chi connectivity index (χ3n) is 4.56. The lowest BCUT2D eigenvalue weighted by molar-refractivity contribution is -0.113. The molecule has 0 radical (unpaired) electrons. The first-order valence-electron chi connectivity index (χ1n) is 9.31. The fourth-order valence-corrected chi connectivity index (χ4v) is 3.94. The predicted octanol–water partition coefficient (Wildman–Crippen LogP) is 6.47. The molecule has 0 atom stereocenters. The molecule has 1 saturated heterocycles. The number of aryl methyl sites for hydroxylation is 1. The molecule has 6 heteroatoms. The Labute approximate surface area is 184 Å². The fourth-order valence-electron chi connectivity index (χ4n) is 2.98. The third kappa shape index (κ3) is 4.58. The number of ether oxygens (including phenoxy) is 1. The first-order chi connectivity index (χ1) is 14.5. The van der Waals surface area contributed by atoms with E-state index in [0.29, 0.717) is 28.0 Å². The van der Waals surface area contributed by atoms with Gasteiger partial charge < -0.3 is 4.74 Å². The van der Waals surface area contributed by atoms with Crippen LogP contribution in [-0.2, 0) is 11.4 Å². The van der Waals surface area contributed by atoms with Crippen LogP contribution in [0.2, 0.25) is 5.02 Å². The summed E-state index contributed by atoms with van der Waals surface area (Å²) in [5.41, 5.74) is 3.44. The Kier molecular flexibility index (Phi) is 5.93. The average molecular weight is 436 g/mol. The molecule has 1 fully saturated rings. The van der Waals surface area contributed by atoms with Gasteiger partial charge in [-0.25, -0.2) is 4.90 Å². The van der Waals surface area contributed by atoms with Crippen molar-refractivity contribution in [2.24, 2.45) is 0 Å². The summed E-state index contributed by atoms with van der Waals surface area (Å²) in [7, 11) is 0. The summed E-state index contributed by atoms with van der Waals surface area (Å²) in [4.78, 5) is 26.8. The van der Waals surface area contributed by atoms with Gasteiger partial charge in [-0.2, -0.15) is 0 Å². The largest absolute Gasteiger partial charge is 0.489 e. The molecule has 150 valence electrons. The third-order valence-corrected chi connectivity index (χ3v) is 5.68. The zero-order valence-corrected chi connectivity index (χ0v) is 17.7. The molecule has 1 aliphatic rings. The first kappa shape index (κ1) is 20.3. The van der Waals surface area contributed by atoms with Gasteiger partial charge in [-0.3, -0.25) is 9.59 Å². The van der Waals surface area contributed by atoms with E-state index in [-0.39, 0.29) is 11.1 Å². The number of halogens is 1. The van der Waals surface area contributed by atoms with E-state index in [1.165, 1.54) is 4.90 Å². The fraction of sp³-hybridized carbons (Fsp3) is 0.0833. The standard InChI is InChI=1S/C24H18ClNO3S/c1-16-5-11-20(12-6-16)26-23(27)22(30-24(26)28)14-18-3-2-4-21(13-18)29-15-17-7-9-19(25)10-8-17/h2-14H,15H2,1H3/b22-14-. The van der Waals surface area contributed by atoms with Crippen LogP contribution in [0.5, 0.6) is 5.75 Å². The molecular weight excluding hydrogens is 418 g/mol. The Balaban J connectivity index is 1.49. The molecule has 0 bridgehead atoms. The molecule has 0 aliphatic carbocycles. The highest BCUT2D eigenvalue weighted by molar-refractivity contribution is 8.19. The van der Waals surface area contributed by atoms with Gasteiger partial charge in [0.15, 0.2) is 0 Å². The minimum Gasteiger partial charge on any atom is -0.489 e. The van der Waals surface area contributed by atoms with Crippen LogP contribution < -0.4 is 9.64 Å². The molecule has 3 aromatic rings. The van der Waals surface area contributed by atoms with Gasteiger partial charge >= 0.3 is 0 Å². The number of hydrogen-bond donors (Lipinski definition) is 0. The maximum Gasteiger partial charge on any atom is 0.298 e. The van der Waals surface area contributed by atoms with Crippen molar-refractivity contribution < 1.29 is 14.3 Å². The molecule has 3 aromatic carbocycles. The Morgan fingerprint density at radius 2 is 1.73 bits per heavy atom. The van der Waals surface area contributed by atoms with Crippen molar-refractivity contribution in [1.82, 2.24) is 0 Å². The number of thioether (sulfide) groups is 1. The van der Waals surface area contributed by atoms with Crippen molar-refractivity contribution in [1.29, 1.82) is 0 Å². The lowest BCUT2D eigenvalue weighted by Gasteiger charge is -2.12. The van der Waals surface area contributed by atoms with Gasteiger partial charge in [0.1, 0.15) is 12.4 Å². The highest BCUT2D eigenvalue weighted by atomic mass is 35.5. The van der Waals surface area contributed by atoms with E-state index in [1.807, 2.05) is 67.6 Å². The minimum absolute atomic E-state index is 0.301. The Hall–Kier alpha value is -3.02. The zero-order chi connectivity index (χ0) is 21.1. The molecule has 0 unspecified atom stereocenters. The number of hydrogen-bond acceptors (Lipinski definition) is 4. The van der Waals surface area contributed by atoms with Gasteiger partial charge in [0.25, 0.3) is 11.1 Å². The van der Waals surface area contributed by atoms with Crippen LogP contribution in [0.3, 0.4) is 0 Å². The van der Waals surface area contributed by atoms with Crippen LogP contribution in [0.4, 0.5) is 10.5 Å². The normalized spacial score (nSPS) is 15.1. The number of carbonyl (C=O) groups excluding carboxylic acids is 2. The number of carbonyl (C=O) groups is 2. The molecule has 4 nitrogen and oxygen atoms in total.